The van der Waals surface area contributed by atoms with Crippen LogP contribution in [0, 0.1) is 17.8 Å². The third-order valence-corrected chi connectivity index (χ3v) is 3.48. The van der Waals surface area contributed by atoms with Crippen LogP contribution in [0.5, 0.6) is 0 Å². The predicted octanol–water partition coefficient (Wildman–Crippen LogP) is 2.28. The summed E-state index contributed by atoms with van der Waals surface area (Å²) in [5.41, 5.74) is 0. The van der Waals surface area contributed by atoms with E-state index in [-0.39, 0.29) is 17.9 Å². The van der Waals surface area contributed by atoms with E-state index in [0.29, 0.717) is 5.92 Å². The van der Waals surface area contributed by atoms with Gasteiger partial charge in [-0.25, -0.2) is 0 Å². The molecule has 1 aliphatic rings. The Morgan fingerprint density at radius 2 is 2.07 bits per heavy atom. The first-order chi connectivity index (χ1) is 7.00. The molecule has 1 fully saturated rings. The van der Waals surface area contributed by atoms with Crippen LogP contribution in [0.1, 0.15) is 46.0 Å². The Morgan fingerprint density at radius 3 is 2.60 bits per heavy atom. The molecule has 1 rings (SSSR count). The average molecular weight is 214 g/mol. The van der Waals surface area contributed by atoms with Crippen molar-refractivity contribution in [3.63, 3.8) is 0 Å². The lowest BCUT2D eigenvalue weighted by Gasteiger charge is -2.29. The van der Waals surface area contributed by atoms with Crippen molar-refractivity contribution in [1.29, 1.82) is 0 Å². The van der Waals surface area contributed by atoms with Gasteiger partial charge in [-0.05, 0) is 31.1 Å². The number of hydrogen-bond donors (Lipinski definition) is 2. The van der Waals surface area contributed by atoms with Crippen LogP contribution in [-0.4, -0.2) is 22.3 Å². The number of hydrogen-bond acceptors (Lipinski definition) is 2. The normalized spacial score (nSPS) is 29.1. The Hall–Kier alpha value is -0.570. The molecule has 3 unspecified atom stereocenters. The maximum atomic E-state index is 10.9. The quantitative estimate of drug-likeness (QED) is 0.755. The highest BCUT2D eigenvalue weighted by Gasteiger charge is 2.28. The van der Waals surface area contributed by atoms with Gasteiger partial charge in [0.05, 0.1) is 12.0 Å². The fourth-order valence-corrected chi connectivity index (χ4v) is 2.34. The zero-order chi connectivity index (χ0) is 11.4. The summed E-state index contributed by atoms with van der Waals surface area (Å²) in [6.45, 7) is 4.00. The van der Waals surface area contributed by atoms with Crippen LogP contribution in [0.25, 0.3) is 0 Å². The molecule has 0 radical (unpaired) electrons. The molecule has 1 saturated carbocycles. The summed E-state index contributed by atoms with van der Waals surface area (Å²) >= 11 is 0. The molecule has 0 aromatic heterocycles. The molecule has 88 valence electrons. The maximum Gasteiger partial charge on any atom is 0.306 e. The summed E-state index contributed by atoms with van der Waals surface area (Å²) in [5.74, 6) is -0.172. The summed E-state index contributed by atoms with van der Waals surface area (Å²) < 4.78 is 0. The summed E-state index contributed by atoms with van der Waals surface area (Å²) in [6.07, 6.45) is 4.12. The molecule has 1 aliphatic carbocycles. The first-order valence-corrected chi connectivity index (χ1v) is 5.91. The SMILES string of the molecule is CC(C)C(O)CC1CCCC(C(=O)O)C1. The van der Waals surface area contributed by atoms with Crippen molar-refractivity contribution in [1.82, 2.24) is 0 Å². The van der Waals surface area contributed by atoms with Crippen LogP contribution in [0.4, 0.5) is 0 Å². The monoisotopic (exact) mass is 214 g/mol. The number of aliphatic hydroxyl groups excluding tert-OH is 1. The molecule has 3 atom stereocenters. The third-order valence-electron chi connectivity index (χ3n) is 3.48. The van der Waals surface area contributed by atoms with E-state index in [1.807, 2.05) is 13.8 Å². The van der Waals surface area contributed by atoms with Gasteiger partial charge in [0.2, 0.25) is 0 Å². The Bertz CT molecular complexity index is 213. The van der Waals surface area contributed by atoms with E-state index in [9.17, 15) is 9.90 Å². The van der Waals surface area contributed by atoms with Gasteiger partial charge in [-0.1, -0.05) is 26.7 Å². The smallest absolute Gasteiger partial charge is 0.306 e. The van der Waals surface area contributed by atoms with Crippen LogP contribution in [0.3, 0.4) is 0 Å². The van der Waals surface area contributed by atoms with Gasteiger partial charge in [0.25, 0.3) is 0 Å². The number of rotatable bonds is 4. The minimum atomic E-state index is -0.668. The molecule has 0 bridgehead atoms. The lowest BCUT2D eigenvalue weighted by atomic mass is 9.78. The van der Waals surface area contributed by atoms with Crippen LogP contribution >= 0.6 is 0 Å². The number of aliphatic hydroxyl groups is 1. The van der Waals surface area contributed by atoms with Gasteiger partial charge in [-0.3, -0.25) is 4.79 Å². The van der Waals surface area contributed by atoms with E-state index in [1.165, 1.54) is 0 Å². The first kappa shape index (κ1) is 12.5. The number of carbonyl (C=O) groups is 1. The molecule has 0 amide bonds. The molecular formula is C12H22O3. The largest absolute Gasteiger partial charge is 0.481 e. The van der Waals surface area contributed by atoms with E-state index in [2.05, 4.69) is 0 Å². The molecule has 15 heavy (non-hydrogen) atoms. The highest BCUT2D eigenvalue weighted by Crippen LogP contribution is 2.32. The van der Waals surface area contributed by atoms with Gasteiger partial charge < -0.3 is 10.2 Å². The summed E-state index contributed by atoms with van der Waals surface area (Å²) in [7, 11) is 0. The second-order valence-electron chi connectivity index (χ2n) is 5.11. The number of aliphatic carboxylic acids is 1. The van der Waals surface area contributed by atoms with E-state index < -0.39 is 5.97 Å². The number of carboxylic acid groups (broad SMARTS) is 1. The summed E-state index contributed by atoms with van der Waals surface area (Å²) in [4.78, 5) is 10.9. The van der Waals surface area contributed by atoms with Crippen LogP contribution in [0.2, 0.25) is 0 Å². The Morgan fingerprint density at radius 1 is 1.40 bits per heavy atom. The average Bonchev–Trinajstić information content (AvgIpc) is 2.18. The Kier molecular flexibility index (Phi) is 4.58. The van der Waals surface area contributed by atoms with Gasteiger partial charge in [0, 0.05) is 0 Å². The van der Waals surface area contributed by atoms with Crippen LogP contribution in [-0.2, 0) is 4.79 Å². The molecule has 0 saturated heterocycles. The van der Waals surface area contributed by atoms with Crippen LogP contribution in [0.15, 0.2) is 0 Å². The predicted molar refractivity (Wildman–Crippen MR) is 58.5 cm³/mol. The second-order valence-corrected chi connectivity index (χ2v) is 5.11. The van der Waals surface area contributed by atoms with Crippen molar-refractivity contribution in [2.75, 3.05) is 0 Å². The topological polar surface area (TPSA) is 57.5 Å². The minimum Gasteiger partial charge on any atom is -0.481 e. The van der Waals surface area contributed by atoms with Crippen molar-refractivity contribution in [3.8, 4) is 0 Å². The molecule has 2 N–H and O–H groups in total. The standard InChI is InChI=1S/C12H22O3/c1-8(2)11(13)7-9-4-3-5-10(6-9)12(14)15/h8-11,13H,3-7H2,1-2H3,(H,14,15). The minimum absolute atomic E-state index is 0.178. The summed E-state index contributed by atoms with van der Waals surface area (Å²) in [5, 5.41) is 18.7. The fraction of sp³-hybridized carbons (Fsp3) is 0.917. The van der Waals surface area contributed by atoms with Gasteiger partial charge in [-0.2, -0.15) is 0 Å². The van der Waals surface area contributed by atoms with Crippen molar-refractivity contribution in [2.45, 2.75) is 52.1 Å². The van der Waals surface area contributed by atoms with E-state index >= 15 is 0 Å². The molecule has 0 spiro atoms. The van der Waals surface area contributed by atoms with E-state index in [4.69, 9.17) is 5.11 Å². The Balaban J connectivity index is 2.39. The number of carboxylic acids is 1. The molecule has 0 aromatic carbocycles. The molecule has 3 heteroatoms. The van der Waals surface area contributed by atoms with Gasteiger partial charge in [0.1, 0.15) is 0 Å². The zero-order valence-electron chi connectivity index (χ0n) is 9.65. The van der Waals surface area contributed by atoms with Crippen molar-refractivity contribution >= 4 is 5.97 Å². The maximum absolute atomic E-state index is 10.9. The second kappa shape index (κ2) is 5.50. The lowest BCUT2D eigenvalue weighted by molar-refractivity contribution is -0.143. The molecular weight excluding hydrogens is 192 g/mol. The third kappa shape index (κ3) is 3.82. The van der Waals surface area contributed by atoms with E-state index in [0.717, 1.165) is 32.1 Å². The van der Waals surface area contributed by atoms with Crippen LogP contribution < -0.4 is 0 Å². The zero-order valence-corrected chi connectivity index (χ0v) is 9.65. The van der Waals surface area contributed by atoms with Gasteiger partial charge in [0.15, 0.2) is 0 Å². The van der Waals surface area contributed by atoms with Gasteiger partial charge in [-0.15, -0.1) is 0 Å². The molecule has 0 aromatic rings. The summed E-state index contributed by atoms with van der Waals surface area (Å²) in [6, 6.07) is 0. The lowest BCUT2D eigenvalue weighted by Crippen LogP contribution is -2.26. The first-order valence-electron chi connectivity index (χ1n) is 5.91. The molecule has 0 heterocycles. The van der Waals surface area contributed by atoms with Crippen molar-refractivity contribution < 1.29 is 15.0 Å². The van der Waals surface area contributed by atoms with Crippen molar-refractivity contribution in [3.05, 3.63) is 0 Å². The highest BCUT2D eigenvalue weighted by atomic mass is 16.4. The van der Waals surface area contributed by atoms with Crippen molar-refractivity contribution in [2.24, 2.45) is 17.8 Å². The van der Waals surface area contributed by atoms with Gasteiger partial charge >= 0.3 is 5.97 Å². The van der Waals surface area contributed by atoms with E-state index in [1.54, 1.807) is 0 Å². The molecule has 0 aliphatic heterocycles. The fourth-order valence-electron chi connectivity index (χ4n) is 2.34. The molecule has 3 nitrogen and oxygen atoms in total. The highest BCUT2D eigenvalue weighted by molar-refractivity contribution is 5.70. The Labute approximate surface area is 91.5 Å².